The lowest BCUT2D eigenvalue weighted by atomic mass is 9.97. The Labute approximate surface area is 204 Å². The lowest BCUT2D eigenvalue weighted by molar-refractivity contribution is -0.143. The van der Waals surface area contributed by atoms with Crippen molar-refractivity contribution in [3.63, 3.8) is 0 Å². The van der Waals surface area contributed by atoms with Crippen LogP contribution in [0.5, 0.6) is 5.75 Å². The van der Waals surface area contributed by atoms with Crippen LogP contribution in [-0.4, -0.2) is 52.1 Å². The first-order chi connectivity index (χ1) is 15.7. The first-order valence-electron chi connectivity index (χ1n) is 12.1. The van der Waals surface area contributed by atoms with Crippen molar-refractivity contribution in [1.29, 1.82) is 0 Å². The van der Waals surface area contributed by atoms with E-state index in [4.69, 9.17) is 4.74 Å². The molecule has 3 N–H and O–H groups in total. The van der Waals surface area contributed by atoms with Gasteiger partial charge in [-0.1, -0.05) is 26.8 Å². The number of aromatic hydroxyl groups is 1. The molecule has 0 saturated heterocycles. The second kappa shape index (κ2) is 12.6. The van der Waals surface area contributed by atoms with Crippen LogP contribution in [0, 0.1) is 12.8 Å². The van der Waals surface area contributed by atoms with Crippen LogP contribution in [0.4, 0.5) is 4.79 Å². The minimum atomic E-state index is -0.913. The number of aryl methyl sites for hydroxylation is 1. The highest BCUT2D eigenvalue weighted by molar-refractivity contribution is 5.92. The second-order valence-electron chi connectivity index (χ2n) is 10.5. The summed E-state index contributed by atoms with van der Waals surface area (Å²) in [4.78, 5) is 41.2. The van der Waals surface area contributed by atoms with Gasteiger partial charge >= 0.3 is 6.09 Å². The number of hydrogen-bond acceptors (Lipinski definition) is 5. The van der Waals surface area contributed by atoms with Crippen LogP contribution in [0.3, 0.4) is 0 Å². The molecule has 0 fully saturated rings. The maximum atomic E-state index is 13.9. The van der Waals surface area contributed by atoms with Crippen molar-refractivity contribution in [1.82, 2.24) is 15.5 Å². The summed E-state index contributed by atoms with van der Waals surface area (Å²) in [6.45, 7) is 16.9. The molecule has 0 spiro atoms. The van der Waals surface area contributed by atoms with Crippen molar-refractivity contribution >= 4 is 17.9 Å². The molecule has 34 heavy (non-hydrogen) atoms. The molecule has 3 amide bonds. The molecule has 0 bridgehead atoms. The summed E-state index contributed by atoms with van der Waals surface area (Å²) in [6, 6.07) is 3.01. The van der Waals surface area contributed by atoms with E-state index in [1.54, 1.807) is 39.8 Å². The lowest BCUT2D eigenvalue weighted by Gasteiger charge is -2.35. The topological polar surface area (TPSA) is 108 Å². The molecule has 0 aromatic heterocycles. The number of phenols is 1. The Hall–Kier alpha value is -2.77. The van der Waals surface area contributed by atoms with E-state index < -0.39 is 23.8 Å². The SMILES string of the molecule is CCCN(C(=O)C(CC(C)C)NC(=O)OC(C)(C)C)C(C(=O)NC(C)C)c1ccc(O)c(C)c1. The quantitative estimate of drug-likeness (QED) is 0.462. The van der Waals surface area contributed by atoms with E-state index in [2.05, 4.69) is 10.6 Å². The number of phenolic OH excluding ortho intramolecular Hbond substituents is 1. The van der Waals surface area contributed by atoms with Crippen molar-refractivity contribution in [3.8, 4) is 5.75 Å². The number of ether oxygens (including phenoxy) is 1. The highest BCUT2D eigenvalue weighted by Gasteiger charge is 2.36. The molecule has 8 nitrogen and oxygen atoms in total. The molecule has 0 heterocycles. The van der Waals surface area contributed by atoms with Gasteiger partial charge in [-0.15, -0.1) is 0 Å². The molecule has 0 aliphatic heterocycles. The minimum absolute atomic E-state index is 0.115. The van der Waals surface area contributed by atoms with Crippen molar-refractivity contribution in [2.75, 3.05) is 6.54 Å². The van der Waals surface area contributed by atoms with Gasteiger partial charge < -0.3 is 25.4 Å². The fourth-order valence-electron chi connectivity index (χ4n) is 3.64. The number of alkyl carbamates (subject to hydrolysis) is 1. The average Bonchev–Trinajstić information content (AvgIpc) is 2.66. The summed E-state index contributed by atoms with van der Waals surface area (Å²) in [5, 5.41) is 15.6. The van der Waals surface area contributed by atoms with Gasteiger partial charge in [-0.2, -0.15) is 0 Å². The predicted molar refractivity (Wildman–Crippen MR) is 133 cm³/mol. The highest BCUT2D eigenvalue weighted by Crippen LogP contribution is 2.28. The Morgan fingerprint density at radius 2 is 1.71 bits per heavy atom. The van der Waals surface area contributed by atoms with Gasteiger partial charge in [0.15, 0.2) is 0 Å². The molecule has 1 rings (SSSR count). The summed E-state index contributed by atoms with van der Waals surface area (Å²) in [6.07, 6.45) is 0.340. The normalized spacial score (nSPS) is 13.4. The Balaban J connectivity index is 3.45. The number of nitrogens with zero attached hydrogens (tertiary/aromatic N) is 1. The van der Waals surface area contributed by atoms with Gasteiger partial charge in [-0.3, -0.25) is 9.59 Å². The van der Waals surface area contributed by atoms with Crippen LogP contribution in [-0.2, 0) is 14.3 Å². The van der Waals surface area contributed by atoms with Gasteiger partial charge in [0.1, 0.15) is 23.4 Å². The van der Waals surface area contributed by atoms with Gasteiger partial charge in [0.25, 0.3) is 0 Å². The van der Waals surface area contributed by atoms with Crippen LogP contribution in [0.1, 0.15) is 85.4 Å². The zero-order valence-electron chi connectivity index (χ0n) is 22.2. The third-order valence-electron chi connectivity index (χ3n) is 4.97. The number of benzene rings is 1. The van der Waals surface area contributed by atoms with Crippen LogP contribution < -0.4 is 10.6 Å². The number of carbonyl (C=O) groups excluding carboxylic acids is 3. The minimum Gasteiger partial charge on any atom is -0.508 e. The maximum absolute atomic E-state index is 13.9. The molecule has 0 aliphatic carbocycles. The number of nitrogens with one attached hydrogen (secondary N) is 2. The molecule has 8 heteroatoms. The Morgan fingerprint density at radius 3 is 2.18 bits per heavy atom. The van der Waals surface area contributed by atoms with Crippen molar-refractivity contribution in [2.24, 2.45) is 5.92 Å². The molecule has 0 aliphatic rings. The zero-order valence-corrected chi connectivity index (χ0v) is 22.2. The van der Waals surface area contributed by atoms with Gasteiger partial charge in [-0.05, 0) is 83.6 Å². The van der Waals surface area contributed by atoms with E-state index in [1.807, 2.05) is 34.6 Å². The predicted octanol–water partition coefficient (Wildman–Crippen LogP) is 4.44. The fraction of sp³-hybridized carbons (Fsp3) is 0.654. The Morgan fingerprint density at radius 1 is 1.09 bits per heavy atom. The summed E-state index contributed by atoms with van der Waals surface area (Å²) in [5.74, 6) is -0.436. The Bertz CT molecular complexity index is 845. The summed E-state index contributed by atoms with van der Waals surface area (Å²) < 4.78 is 5.39. The van der Waals surface area contributed by atoms with Crippen molar-refractivity contribution in [3.05, 3.63) is 29.3 Å². The maximum Gasteiger partial charge on any atom is 0.408 e. The molecule has 192 valence electrons. The molecular formula is C26H43N3O5. The van der Waals surface area contributed by atoms with Crippen molar-refractivity contribution in [2.45, 2.75) is 98.9 Å². The van der Waals surface area contributed by atoms with Gasteiger partial charge in [0.05, 0.1) is 0 Å². The van der Waals surface area contributed by atoms with Gasteiger partial charge in [0, 0.05) is 12.6 Å². The molecule has 1 aromatic carbocycles. The van der Waals surface area contributed by atoms with E-state index in [9.17, 15) is 19.5 Å². The molecule has 2 atom stereocenters. The van der Waals surface area contributed by atoms with E-state index in [1.165, 1.54) is 11.0 Å². The number of hydrogen-bond donors (Lipinski definition) is 3. The third-order valence-corrected chi connectivity index (χ3v) is 4.97. The Kier molecular flexibility index (Phi) is 10.9. The number of carbonyl (C=O) groups is 3. The lowest BCUT2D eigenvalue weighted by Crippen LogP contribution is -2.54. The third kappa shape index (κ3) is 9.23. The average molecular weight is 478 g/mol. The fourth-order valence-corrected chi connectivity index (χ4v) is 3.64. The highest BCUT2D eigenvalue weighted by atomic mass is 16.6. The molecule has 0 radical (unpaired) electrons. The zero-order chi connectivity index (χ0) is 26.2. The summed E-state index contributed by atoms with van der Waals surface area (Å²) in [5.41, 5.74) is 0.493. The smallest absolute Gasteiger partial charge is 0.408 e. The molecule has 1 aromatic rings. The molecule has 0 saturated carbocycles. The second-order valence-corrected chi connectivity index (χ2v) is 10.5. The van der Waals surface area contributed by atoms with Crippen molar-refractivity contribution < 1.29 is 24.2 Å². The van der Waals surface area contributed by atoms with Crippen LogP contribution in [0.25, 0.3) is 0 Å². The molecular weight excluding hydrogens is 434 g/mol. The first-order valence-corrected chi connectivity index (χ1v) is 12.1. The van der Waals surface area contributed by atoms with Crippen LogP contribution in [0.15, 0.2) is 18.2 Å². The monoisotopic (exact) mass is 477 g/mol. The van der Waals surface area contributed by atoms with E-state index in [0.717, 1.165) is 0 Å². The number of rotatable bonds is 10. The van der Waals surface area contributed by atoms with E-state index in [0.29, 0.717) is 30.5 Å². The summed E-state index contributed by atoms with van der Waals surface area (Å²) >= 11 is 0. The van der Waals surface area contributed by atoms with Crippen LogP contribution >= 0.6 is 0 Å². The standard InChI is InChI=1S/C26H43N3O5/c1-10-13-29(24(32)20(14-16(2)3)28-25(33)34-26(7,8)9)22(23(31)27-17(4)5)19-11-12-21(30)18(6)15-19/h11-12,15-17,20,22,30H,10,13-14H2,1-9H3,(H,27,31)(H,28,33). The van der Waals surface area contributed by atoms with Gasteiger partial charge in [0.2, 0.25) is 11.8 Å². The largest absolute Gasteiger partial charge is 0.508 e. The first kappa shape index (κ1) is 29.3. The summed E-state index contributed by atoms with van der Waals surface area (Å²) in [7, 11) is 0. The molecule has 2 unspecified atom stereocenters. The van der Waals surface area contributed by atoms with Crippen LogP contribution in [0.2, 0.25) is 0 Å². The van der Waals surface area contributed by atoms with Gasteiger partial charge in [-0.25, -0.2) is 4.79 Å². The number of amides is 3. The van der Waals surface area contributed by atoms with E-state index in [-0.39, 0.29) is 29.5 Å². The van der Waals surface area contributed by atoms with E-state index >= 15 is 0 Å².